The van der Waals surface area contributed by atoms with Crippen molar-refractivity contribution in [1.82, 2.24) is 10.3 Å². The van der Waals surface area contributed by atoms with Crippen LogP contribution in [-0.4, -0.2) is 41.8 Å². The van der Waals surface area contributed by atoms with Gasteiger partial charge in [0.25, 0.3) is 0 Å². The van der Waals surface area contributed by atoms with Gasteiger partial charge in [-0.3, -0.25) is 10.1 Å². The zero-order valence-corrected chi connectivity index (χ0v) is 9.99. The van der Waals surface area contributed by atoms with Crippen LogP contribution < -0.4 is 10.6 Å². The van der Waals surface area contributed by atoms with E-state index in [0.29, 0.717) is 5.13 Å². The Labute approximate surface area is 102 Å². The number of aliphatic carboxylic acids is 1. The van der Waals surface area contributed by atoms with E-state index in [0.717, 1.165) is 0 Å². The molecule has 0 fully saturated rings. The van der Waals surface area contributed by atoms with E-state index in [1.807, 2.05) is 0 Å². The third-order valence-electron chi connectivity index (χ3n) is 1.88. The molecule has 1 atom stereocenters. The summed E-state index contributed by atoms with van der Waals surface area (Å²) in [7, 11) is 1.40. The van der Waals surface area contributed by atoms with Gasteiger partial charge in [-0.25, -0.2) is 9.78 Å². The standard InChI is InChI=1S/C9H13N3O4S/c1-16-6(4-7(13)14)5-11-8(15)12-9-10-2-3-17-9/h2-3,6H,4-5H2,1H3,(H,13,14)(H2,10,11,12,15). The fraction of sp³-hybridized carbons (Fsp3) is 0.444. The van der Waals surface area contributed by atoms with E-state index >= 15 is 0 Å². The Kier molecular flexibility index (Phi) is 5.37. The lowest BCUT2D eigenvalue weighted by molar-refractivity contribution is -0.139. The van der Waals surface area contributed by atoms with Gasteiger partial charge in [-0.05, 0) is 0 Å². The molecule has 0 bridgehead atoms. The van der Waals surface area contributed by atoms with Crippen LogP contribution in [0.4, 0.5) is 9.93 Å². The molecule has 17 heavy (non-hydrogen) atoms. The minimum atomic E-state index is -0.973. The summed E-state index contributed by atoms with van der Waals surface area (Å²) in [6.07, 6.45) is 0.867. The minimum absolute atomic E-state index is 0.125. The summed E-state index contributed by atoms with van der Waals surface area (Å²) in [5.74, 6) is -0.973. The average Bonchev–Trinajstić information content (AvgIpc) is 2.76. The number of rotatable bonds is 6. The topological polar surface area (TPSA) is 101 Å². The van der Waals surface area contributed by atoms with Crippen molar-refractivity contribution in [2.75, 3.05) is 19.0 Å². The quantitative estimate of drug-likeness (QED) is 0.700. The number of thiazole rings is 1. The van der Waals surface area contributed by atoms with Crippen molar-refractivity contribution in [1.29, 1.82) is 0 Å². The first-order valence-corrected chi connectivity index (χ1v) is 5.68. The lowest BCUT2D eigenvalue weighted by Gasteiger charge is -2.13. The predicted molar refractivity (Wildman–Crippen MR) is 62.2 cm³/mol. The number of carboxylic acids is 1. The zero-order valence-electron chi connectivity index (χ0n) is 9.17. The number of hydrogen-bond acceptors (Lipinski definition) is 5. The van der Waals surface area contributed by atoms with Crippen molar-refractivity contribution in [2.24, 2.45) is 0 Å². The third kappa shape index (κ3) is 5.27. The monoisotopic (exact) mass is 259 g/mol. The summed E-state index contributed by atoms with van der Waals surface area (Å²) < 4.78 is 4.91. The van der Waals surface area contributed by atoms with Gasteiger partial charge in [0.15, 0.2) is 5.13 Å². The highest BCUT2D eigenvalue weighted by Crippen LogP contribution is 2.09. The molecular formula is C9H13N3O4S. The molecule has 3 N–H and O–H groups in total. The van der Waals surface area contributed by atoms with Gasteiger partial charge < -0.3 is 15.2 Å². The molecule has 8 heteroatoms. The third-order valence-corrected chi connectivity index (χ3v) is 2.57. The highest BCUT2D eigenvalue weighted by molar-refractivity contribution is 7.13. The van der Waals surface area contributed by atoms with Crippen LogP contribution in [-0.2, 0) is 9.53 Å². The van der Waals surface area contributed by atoms with Crippen LogP contribution in [0.25, 0.3) is 0 Å². The van der Waals surface area contributed by atoms with Gasteiger partial charge in [0.2, 0.25) is 0 Å². The van der Waals surface area contributed by atoms with E-state index in [9.17, 15) is 9.59 Å². The van der Waals surface area contributed by atoms with Crippen LogP contribution in [0.2, 0.25) is 0 Å². The van der Waals surface area contributed by atoms with Crippen LogP contribution >= 0.6 is 11.3 Å². The molecule has 1 aromatic rings. The number of nitrogens with zero attached hydrogens (tertiary/aromatic N) is 1. The van der Waals surface area contributed by atoms with Crippen LogP contribution in [0.1, 0.15) is 6.42 Å². The first kappa shape index (κ1) is 13.4. The van der Waals surface area contributed by atoms with Gasteiger partial charge in [0, 0.05) is 25.2 Å². The highest BCUT2D eigenvalue weighted by atomic mass is 32.1. The molecule has 94 valence electrons. The molecule has 0 saturated heterocycles. The van der Waals surface area contributed by atoms with Crippen molar-refractivity contribution < 1.29 is 19.4 Å². The number of anilines is 1. The summed E-state index contributed by atoms with van der Waals surface area (Å²) in [6, 6.07) is -0.438. The van der Waals surface area contributed by atoms with Crippen molar-refractivity contribution in [3.05, 3.63) is 11.6 Å². The molecule has 1 rings (SSSR count). The summed E-state index contributed by atoms with van der Waals surface area (Å²) in [6.45, 7) is 0.125. The van der Waals surface area contributed by atoms with Gasteiger partial charge in [0.05, 0.1) is 12.5 Å². The number of methoxy groups -OCH3 is 1. The molecule has 1 unspecified atom stereocenters. The Morgan fingerprint density at radius 3 is 2.94 bits per heavy atom. The van der Waals surface area contributed by atoms with Gasteiger partial charge in [0.1, 0.15) is 0 Å². The Bertz CT molecular complexity index is 368. The Morgan fingerprint density at radius 1 is 1.65 bits per heavy atom. The molecule has 0 aromatic carbocycles. The average molecular weight is 259 g/mol. The number of urea groups is 1. The Balaban J connectivity index is 2.29. The van der Waals surface area contributed by atoms with Gasteiger partial charge in [-0.2, -0.15) is 0 Å². The normalized spacial score (nSPS) is 11.8. The number of ether oxygens (including phenoxy) is 1. The Morgan fingerprint density at radius 2 is 2.41 bits per heavy atom. The lowest BCUT2D eigenvalue weighted by Crippen LogP contribution is -2.37. The van der Waals surface area contributed by atoms with Crippen LogP contribution in [0.5, 0.6) is 0 Å². The largest absolute Gasteiger partial charge is 0.481 e. The van der Waals surface area contributed by atoms with Crippen LogP contribution in [0, 0.1) is 0 Å². The maximum absolute atomic E-state index is 11.4. The number of carbonyl (C=O) groups excluding carboxylic acids is 1. The number of carbonyl (C=O) groups is 2. The maximum Gasteiger partial charge on any atom is 0.321 e. The zero-order chi connectivity index (χ0) is 12.7. The molecule has 2 amide bonds. The van der Waals surface area contributed by atoms with E-state index in [1.54, 1.807) is 11.6 Å². The molecule has 0 aliphatic heterocycles. The van der Waals surface area contributed by atoms with Crippen molar-refractivity contribution in [3.63, 3.8) is 0 Å². The summed E-state index contributed by atoms with van der Waals surface area (Å²) >= 11 is 1.29. The second kappa shape index (κ2) is 6.81. The first-order valence-electron chi connectivity index (χ1n) is 4.80. The summed E-state index contributed by atoms with van der Waals surface area (Å²) in [5.41, 5.74) is 0. The molecule has 0 radical (unpaired) electrons. The fourth-order valence-corrected chi connectivity index (χ4v) is 1.59. The summed E-state index contributed by atoms with van der Waals surface area (Å²) in [5, 5.41) is 15.8. The van der Waals surface area contributed by atoms with Crippen LogP contribution in [0.15, 0.2) is 11.6 Å². The highest BCUT2D eigenvalue weighted by Gasteiger charge is 2.13. The number of carboxylic acid groups (broad SMARTS) is 1. The van der Waals surface area contributed by atoms with E-state index < -0.39 is 18.1 Å². The molecule has 7 nitrogen and oxygen atoms in total. The van der Waals surface area contributed by atoms with Crippen molar-refractivity contribution in [2.45, 2.75) is 12.5 Å². The summed E-state index contributed by atoms with van der Waals surface area (Å²) in [4.78, 5) is 25.7. The minimum Gasteiger partial charge on any atom is -0.481 e. The van der Waals surface area contributed by atoms with E-state index in [4.69, 9.17) is 9.84 Å². The van der Waals surface area contributed by atoms with Gasteiger partial charge in [-0.1, -0.05) is 0 Å². The molecule has 0 aliphatic carbocycles. The molecule has 1 aromatic heterocycles. The lowest BCUT2D eigenvalue weighted by atomic mass is 10.2. The number of aromatic nitrogens is 1. The SMILES string of the molecule is COC(CNC(=O)Nc1nccs1)CC(=O)O. The molecule has 0 saturated carbocycles. The second-order valence-corrected chi connectivity index (χ2v) is 4.02. The number of amides is 2. The Hall–Kier alpha value is -1.67. The van der Waals surface area contributed by atoms with Crippen molar-refractivity contribution in [3.8, 4) is 0 Å². The molecule has 0 aliphatic rings. The van der Waals surface area contributed by atoms with Crippen molar-refractivity contribution >= 4 is 28.5 Å². The first-order chi connectivity index (χ1) is 8.11. The molecule has 1 heterocycles. The van der Waals surface area contributed by atoms with Crippen LogP contribution in [0.3, 0.4) is 0 Å². The number of hydrogen-bond donors (Lipinski definition) is 3. The molecule has 0 spiro atoms. The predicted octanol–water partition coefficient (Wildman–Crippen LogP) is 0.754. The van der Waals surface area contributed by atoms with E-state index in [-0.39, 0.29) is 13.0 Å². The van der Waals surface area contributed by atoms with Gasteiger partial charge >= 0.3 is 12.0 Å². The van der Waals surface area contributed by atoms with E-state index in [2.05, 4.69) is 15.6 Å². The smallest absolute Gasteiger partial charge is 0.321 e. The van der Waals surface area contributed by atoms with Gasteiger partial charge in [-0.15, -0.1) is 11.3 Å². The fourth-order valence-electron chi connectivity index (χ4n) is 1.07. The second-order valence-electron chi connectivity index (χ2n) is 3.13. The number of nitrogens with one attached hydrogen (secondary N) is 2. The van der Waals surface area contributed by atoms with E-state index in [1.165, 1.54) is 18.4 Å². The maximum atomic E-state index is 11.4. The molecular weight excluding hydrogens is 246 g/mol.